The maximum atomic E-state index is 11.3. The van der Waals surface area contributed by atoms with E-state index in [0.29, 0.717) is 0 Å². The molecule has 114 valence electrons. The number of rotatable bonds is 7. The average Bonchev–Trinajstić information content (AvgIpc) is 2.42. The minimum Gasteiger partial charge on any atom is -0.460 e. The SMILES string of the molecule is CCCCCCC(OC(C)=O)[C@@H]1CCC[C@@](C)(C#N)O1. The summed E-state index contributed by atoms with van der Waals surface area (Å²) in [6, 6.07) is 2.23. The molecule has 0 aromatic rings. The fraction of sp³-hybridized carbons (Fsp3) is 0.875. The van der Waals surface area contributed by atoms with Crippen LogP contribution in [-0.2, 0) is 14.3 Å². The minimum absolute atomic E-state index is 0.140. The van der Waals surface area contributed by atoms with Crippen LogP contribution in [0.3, 0.4) is 0 Å². The first-order valence-electron chi connectivity index (χ1n) is 7.77. The molecule has 0 aliphatic carbocycles. The van der Waals surface area contributed by atoms with Gasteiger partial charge in [-0.05, 0) is 39.0 Å². The first-order chi connectivity index (χ1) is 9.50. The van der Waals surface area contributed by atoms with Gasteiger partial charge in [-0.1, -0.05) is 26.2 Å². The average molecular weight is 281 g/mol. The third kappa shape index (κ3) is 5.50. The zero-order valence-electron chi connectivity index (χ0n) is 13.0. The van der Waals surface area contributed by atoms with E-state index in [4.69, 9.17) is 9.47 Å². The highest BCUT2D eigenvalue weighted by molar-refractivity contribution is 5.66. The first kappa shape index (κ1) is 17.0. The molecule has 0 spiro atoms. The number of nitrogens with zero attached hydrogens (tertiary/aromatic N) is 1. The van der Waals surface area contributed by atoms with Gasteiger partial charge in [-0.3, -0.25) is 4.79 Å². The van der Waals surface area contributed by atoms with E-state index in [-0.39, 0.29) is 18.2 Å². The Labute approximate surface area is 122 Å². The quantitative estimate of drug-likeness (QED) is 0.527. The number of hydrogen-bond acceptors (Lipinski definition) is 4. The molecule has 0 N–H and O–H groups in total. The van der Waals surface area contributed by atoms with Crippen LogP contribution >= 0.6 is 0 Å². The third-order valence-corrected chi connectivity index (χ3v) is 3.86. The van der Waals surface area contributed by atoms with Gasteiger partial charge >= 0.3 is 5.97 Å². The molecule has 3 atom stereocenters. The lowest BCUT2D eigenvalue weighted by Gasteiger charge is -2.37. The number of nitriles is 1. The van der Waals surface area contributed by atoms with E-state index in [1.54, 1.807) is 0 Å². The molecular formula is C16H27NO3. The summed E-state index contributed by atoms with van der Waals surface area (Å²) in [6.07, 6.45) is 7.61. The van der Waals surface area contributed by atoms with Crippen LogP contribution in [0.5, 0.6) is 0 Å². The maximum Gasteiger partial charge on any atom is 0.302 e. The standard InChI is InChI=1S/C16H27NO3/c1-4-5-6-7-9-14(19-13(2)18)15-10-8-11-16(3,12-17)20-15/h14-15H,4-11H2,1-3H3/t14?,15-,16-/m0/s1. The molecule has 0 aromatic carbocycles. The van der Waals surface area contributed by atoms with Crippen molar-refractivity contribution in [2.24, 2.45) is 0 Å². The molecule has 1 aliphatic heterocycles. The summed E-state index contributed by atoms with van der Waals surface area (Å²) in [4.78, 5) is 11.3. The molecule has 1 rings (SSSR count). The second-order valence-corrected chi connectivity index (χ2v) is 5.89. The molecule has 1 saturated heterocycles. The van der Waals surface area contributed by atoms with Crippen molar-refractivity contribution < 1.29 is 14.3 Å². The van der Waals surface area contributed by atoms with Gasteiger partial charge < -0.3 is 9.47 Å². The van der Waals surface area contributed by atoms with Gasteiger partial charge in [0.1, 0.15) is 6.10 Å². The van der Waals surface area contributed by atoms with E-state index < -0.39 is 5.60 Å². The Hall–Kier alpha value is -1.08. The van der Waals surface area contributed by atoms with Crippen molar-refractivity contribution in [3.05, 3.63) is 0 Å². The van der Waals surface area contributed by atoms with Crippen molar-refractivity contribution in [1.82, 2.24) is 0 Å². The Bertz CT molecular complexity index is 350. The highest BCUT2D eigenvalue weighted by Crippen LogP contribution is 2.31. The molecule has 4 nitrogen and oxygen atoms in total. The molecular weight excluding hydrogens is 254 g/mol. The summed E-state index contributed by atoms with van der Waals surface area (Å²) in [7, 11) is 0. The molecule has 0 radical (unpaired) electrons. The lowest BCUT2D eigenvalue weighted by atomic mass is 9.91. The maximum absolute atomic E-state index is 11.3. The Kier molecular flexibility index (Phi) is 7.01. The van der Waals surface area contributed by atoms with E-state index >= 15 is 0 Å². The van der Waals surface area contributed by atoms with Crippen molar-refractivity contribution in [3.8, 4) is 6.07 Å². The van der Waals surface area contributed by atoms with Crippen LogP contribution in [0.1, 0.15) is 72.1 Å². The van der Waals surface area contributed by atoms with Crippen LogP contribution in [-0.4, -0.2) is 23.8 Å². The van der Waals surface area contributed by atoms with Crippen molar-refractivity contribution in [1.29, 1.82) is 5.26 Å². The zero-order chi connectivity index (χ0) is 15.0. The highest BCUT2D eigenvalue weighted by Gasteiger charge is 2.37. The number of unbranched alkanes of at least 4 members (excludes halogenated alkanes) is 3. The summed E-state index contributed by atoms with van der Waals surface area (Å²) in [6.45, 7) is 5.43. The summed E-state index contributed by atoms with van der Waals surface area (Å²) in [5.74, 6) is -0.265. The normalized spacial score (nSPS) is 27.6. The van der Waals surface area contributed by atoms with Crippen LogP contribution in [0.15, 0.2) is 0 Å². The van der Waals surface area contributed by atoms with E-state index in [2.05, 4.69) is 13.0 Å². The number of carbonyl (C=O) groups is 1. The molecule has 1 heterocycles. The Balaban J connectivity index is 2.57. The van der Waals surface area contributed by atoms with Crippen molar-refractivity contribution in [2.45, 2.75) is 89.9 Å². The summed E-state index contributed by atoms with van der Waals surface area (Å²) < 4.78 is 11.3. The van der Waals surface area contributed by atoms with E-state index in [1.165, 1.54) is 19.8 Å². The molecule has 0 bridgehead atoms. The molecule has 0 amide bonds. The van der Waals surface area contributed by atoms with Gasteiger partial charge in [0.25, 0.3) is 0 Å². The monoisotopic (exact) mass is 281 g/mol. The van der Waals surface area contributed by atoms with Gasteiger partial charge in [-0.25, -0.2) is 0 Å². The number of ether oxygens (including phenoxy) is 2. The van der Waals surface area contributed by atoms with Gasteiger partial charge in [-0.15, -0.1) is 0 Å². The molecule has 1 fully saturated rings. The van der Waals surface area contributed by atoms with Crippen molar-refractivity contribution in [2.75, 3.05) is 0 Å². The Morgan fingerprint density at radius 2 is 2.25 bits per heavy atom. The molecule has 0 aromatic heterocycles. The minimum atomic E-state index is -0.731. The molecule has 1 unspecified atom stereocenters. The van der Waals surface area contributed by atoms with Crippen LogP contribution in [0.2, 0.25) is 0 Å². The summed E-state index contributed by atoms with van der Waals surface area (Å²) >= 11 is 0. The second kappa shape index (κ2) is 8.26. The number of carbonyl (C=O) groups excluding carboxylic acids is 1. The van der Waals surface area contributed by atoms with E-state index in [0.717, 1.165) is 38.5 Å². The predicted octanol–water partition coefficient (Wildman–Crippen LogP) is 3.74. The van der Waals surface area contributed by atoms with Gasteiger partial charge in [0.2, 0.25) is 0 Å². The van der Waals surface area contributed by atoms with E-state index in [1.807, 2.05) is 6.92 Å². The van der Waals surface area contributed by atoms with E-state index in [9.17, 15) is 10.1 Å². The lowest BCUT2D eigenvalue weighted by Crippen LogP contribution is -2.44. The Morgan fingerprint density at radius 1 is 1.50 bits per heavy atom. The predicted molar refractivity (Wildman–Crippen MR) is 77.1 cm³/mol. The zero-order valence-corrected chi connectivity index (χ0v) is 13.0. The van der Waals surface area contributed by atoms with Crippen LogP contribution in [0, 0.1) is 11.3 Å². The largest absolute Gasteiger partial charge is 0.460 e. The third-order valence-electron chi connectivity index (χ3n) is 3.86. The van der Waals surface area contributed by atoms with Crippen molar-refractivity contribution in [3.63, 3.8) is 0 Å². The summed E-state index contributed by atoms with van der Waals surface area (Å²) in [5.41, 5.74) is -0.731. The van der Waals surface area contributed by atoms with Gasteiger partial charge in [0.15, 0.2) is 5.60 Å². The fourth-order valence-corrected chi connectivity index (χ4v) is 2.74. The fourth-order valence-electron chi connectivity index (χ4n) is 2.74. The molecule has 0 saturated carbocycles. The number of hydrogen-bond donors (Lipinski definition) is 0. The van der Waals surface area contributed by atoms with Gasteiger partial charge in [0.05, 0.1) is 12.2 Å². The van der Waals surface area contributed by atoms with Crippen molar-refractivity contribution >= 4 is 5.97 Å². The van der Waals surface area contributed by atoms with Gasteiger partial charge in [0, 0.05) is 6.92 Å². The topological polar surface area (TPSA) is 59.3 Å². The molecule has 20 heavy (non-hydrogen) atoms. The smallest absolute Gasteiger partial charge is 0.302 e. The Morgan fingerprint density at radius 3 is 2.85 bits per heavy atom. The molecule has 1 aliphatic rings. The van der Waals surface area contributed by atoms with Crippen LogP contribution < -0.4 is 0 Å². The first-order valence-corrected chi connectivity index (χ1v) is 7.77. The lowest BCUT2D eigenvalue weighted by molar-refractivity contribution is -0.171. The van der Waals surface area contributed by atoms with Crippen LogP contribution in [0.4, 0.5) is 0 Å². The highest BCUT2D eigenvalue weighted by atomic mass is 16.6. The molecule has 4 heteroatoms. The number of esters is 1. The second-order valence-electron chi connectivity index (χ2n) is 5.89. The summed E-state index contributed by atoms with van der Waals surface area (Å²) in [5, 5.41) is 9.20. The van der Waals surface area contributed by atoms with Crippen LogP contribution in [0.25, 0.3) is 0 Å². The van der Waals surface area contributed by atoms with Gasteiger partial charge in [-0.2, -0.15) is 5.26 Å².